The summed E-state index contributed by atoms with van der Waals surface area (Å²) in [5, 5.41) is 6.48. The number of hydrogen-bond donors (Lipinski definition) is 0. The first-order chi connectivity index (χ1) is 38.4. The lowest BCUT2D eigenvalue weighted by Crippen LogP contribution is -2.22. The van der Waals surface area contributed by atoms with Crippen molar-refractivity contribution in [2.24, 2.45) is 0 Å². The third kappa shape index (κ3) is 6.47. The Morgan fingerprint density at radius 1 is 0.256 bits per heavy atom. The molecular weight excluding hydrogens is 949 g/mol. The van der Waals surface area contributed by atoms with E-state index < -0.39 is 0 Å². The Morgan fingerprint density at radius 3 is 0.910 bits per heavy atom. The summed E-state index contributed by atoms with van der Waals surface area (Å²) >= 11 is 0. The summed E-state index contributed by atoms with van der Waals surface area (Å²) in [6.07, 6.45) is 0. The lowest BCUT2D eigenvalue weighted by atomic mass is 9.74. The smallest absolute Gasteiger partial charge is 0.137 e. The molecule has 14 aromatic rings. The summed E-state index contributed by atoms with van der Waals surface area (Å²) in [6, 6.07) is 97.0. The average molecular weight is 999 g/mol. The second kappa shape index (κ2) is 16.8. The molecule has 12 aromatic carbocycles. The van der Waals surface area contributed by atoms with Crippen LogP contribution in [0, 0.1) is 0 Å². The van der Waals surface area contributed by atoms with Gasteiger partial charge in [-0.25, -0.2) is 0 Å². The van der Waals surface area contributed by atoms with Crippen molar-refractivity contribution < 1.29 is 8.83 Å². The van der Waals surface area contributed by atoms with Gasteiger partial charge in [-0.05, 0) is 177 Å². The highest BCUT2D eigenvalue weighted by Gasteiger charge is 2.42. The van der Waals surface area contributed by atoms with E-state index in [0.29, 0.717) is 0 Å². The van der Waals surface area contributed by atoms with Crippen molar-refractivity contribution in [2.75, 3.05) is 9.80 Å². The molecule has 0 bridgehead atoms. The zero-order valence-electron chi connectivity index (χ0n) is 43.1. The Hall–Kier alpha value is -9.90. The highest BCUT2D eigenvalue weighted by atomic mass is 16.3. The maximum atomic E-state index is 6.81. The summed E-state index contributed by atoms with van der Waals surface area (Å²) in [6.45, 7) is 4.73. The molecule has 0 unspecified atom stereocenters. The molecule has 2 aliphatic rings. The lowest BCUT2D eigenvalue weighted by molar-refractivity contribution is 0.668. The van der Waals surface area contributed by atoms with E-state index in [1.54, 1.807) is 0 Å². The fraction of sp³-hybridized carbons (Fsp3) is 0.0541. The van der Waals surface area contributed by atoms with Gasteiger partial charge in [0.25, 0.3) is 0 Å². The van der Waals surface area contributed by atoms with Crippen LogP contribution in [0.1, 0.15) is 47.2 Å². The second-order valence-electron chi connectivity index (χ2n) is 21.5. The molecule has 0 N–H and O–H groups in total. The molecule has 2 aromatic heterocycles. The molecule has 4 nitrogen and oxygen atoms in total. The number of benzene rings is 12. The van der Waals surface area contributed by atoms with Gasteiger partial charge in [-0.2, -0.15) is 0 Å². The molecule has 0 atom stereocenters. The van der Waals surface area contributed by atoms with Gasteiger partial charge in [-0.15, -0.1) is 0 Å². The van der Waals surface area contributed by atoms with Crippen LogP contribution >= 0.6 is 0 Å². The first-order valence-electron chi connectivity index (χ1n) is 27.0. The molecule has 2 aliphatic carbocycles. The van der Waals surface area contributed by atoms with E-state index in [4.69, 9.17) is 8.83 Å². The SMILES string of the molecule is CC1(c2ccc(N(c3ccccc3)c3ccc4c(c3)oc3cc5cc6c(cc5cc34)oc3cc(N(c4ccccc4)c4ccc(C5(C)c7ccccc7-c7ccccc75)cc4)ccc36)cc2)c2ccccc2-c2ccccc21. The molecular formula is C74H50N2O2. The van der Waals surface area contributed by atoms with Crippen molar-refractivity contribution in [1.82, 2.24) is 0 Å². The predicted molar refractivity (Wildman–Crippen MR) is 323 cm³/mol. The molecule has 4 heteroatoms. The van der Waals surface area contributed by atoms with Gasteiger partial charge in [0.2, 0.25) is 0 Å². The molecule has 2 heterocycles. The van der Waals surface area contributed by atoms with Crippen LogP contribution in [0.4, 0.5) is 34.1 Å². The largest absolute Gasteiger partial charge is 0.456 e. The van der Waals surface area contributed by atoms with E-state index >= 15 is 0 Å². The predicted octanol–water partition coefficient (Wildman–Crippen LogP) is 20.2. The quantitative estimate of drug-likeness (QED) is 0.152. The van der Waals surface area contributed by atoms with Gasteiger partial charge in [-0.3, -0.25) is 0 Å². The standard InChI is InChI=1S/C74H50N2O2/c1-73(65-25-13-9-21-57(65)58-22-10-14-26-66(58)73)49-29-33-53(34-30-49)75(51-17-5-3-6-18-51)55-37-39-61-63-41-47-44-70-64(42-48(47)43-69(63)77-71(61)45-55)62-40-38-56(46-72(62)78-70)76(52-19-7-4-8-20-52)54-35-31-50(32-36-54)74(2)67-27-15-11-23-59(67)60-24-12-16-28-68(60)74/h3-46H,1-2H3. The first kappa shape index (κ1) is 44.4. The number of rotatable bonds is 8. The highest BCUT2D eigenvalue weighted by molar-refractivity contribution is 6.16. The Bertz CT molecular complexity index is 4310. The summed E-state index contributed by atoms with van der Waals surface area (Å²) < 4.78 is 13.6. The van der Waals surface area contributed by atoms with Crippen molar-refractivity contribution in [3.05, 3.63) is 300 Å². The van der Waals surface area contributed by atoms with Crippen LogP contribution in [0.5, 0.6) is 0 Å². The van der Waals surface area contributed by atoms with Gasteiger partial charge in [0.1, 0.15) is 22.3 Å². The van der Waals surface area contributed by atoms with E-state index in [9.17, 15) is 0 Å². The van der Waals surface area contributed by atoms with Crippen LogP contribution in [-0.4, -0.2) is 0 Å². The zero-order chi connectivity index (χ0) is 51.7. The molecule has 0 saturated heterocycles. The number of hydrogen-bond acceptors (Lipinski definition) is 4. The summed E-state index contributed by atoms with van der Waals surface area (Å²) in [5.41, 5.74) is 22.3. The molecule has 368 valence electrons. The van der Waals surface area contributed by atoms with Gasteiger partial charge >= 0.3 is 0 Å². The third-order valence-electron chi connectivity index (χ3n) is 17.4. The maximum Gasteiger partial charge on any atom is 0.137 e. The molecule has 78 heavy (non-hydrogen) atoms. The molecule has 0 amide bonds. The van der Waals surface area contributed by atoms with Gasteiger partial charge in [-0.1, -0.05) is 158 Å². The van der Waals surface area contributed by atoms with Crippen molar-refractivity contribution in [1.29, 1.82) is 0 Å². The Balaban J connectivity index is 0.741. The van der Waals surface area contributed by atoms with Crippen molar-refractivity contribution in [3.63, 3.8) is 0 Å². The number of anilines is 6. The number of furan rings is 2. The van der Waals surface area contributed by atoms with Crippen molar-refractivity contribution in [3.8, 4) is 22.3 Å². The summed E-state index contributed by atoms with van der Waals surface area (Å²) in [5.74, 6) is 0. The normalized spacial score (nSPS) is 13.7. The minimum atomic E-state index is -0.268. The Morgan fingerprint density at radius 2 is 0.551 bits per heavy atom. The van der Waals surface area contributed by atoms with Crippen LogP contribution in [-0.2, 0) is 10.8 Å². The van der Waals surface area contributed by atoms with Gasteiger partial charge in [0, 0.05) is 78.6 Å². The fourth-order valence-corrected chi connectivity index (χ4v) is 13.5. The fourth-order valence-electron chi connectivity index (χ4n) is 13.5. The second-order valence-corrected chi connectivity index (χ2v) is 21.5. The molecule has 0 aliphatic heterocycles. The van der Waals surface area contributed by atoms with E-state index in [0.717, 1.165) is 88.8 Å². The number of para-hydroxylation sites is 2. The zero-order valence-corrected chi connectivity index (χ0v) is 43.1. The number of nitrogens with zero attached hydrogens (tertiary/aromatic N) is 2. The van der Waals surface area contributed by atoms with Crippen LogP contribution < -0.4 is 9.80 Å². The first-order valence-corrected chi connectivity index (χ1v) is 27.0. The lowest BCUT2D eigenvalue weighted by Gasteiger charge is -2.30. The minimum Gasteiger partial charge on any atom is -0.456 e. The highest BCUT2D eigenvalue weighted by Crippen LogP contribution is 2.54. The third-order valence-corrected chi connectivity index (χ3v) is 17.4. The number of fused-ring (bicyclic) bond motifs is 13. The maximum absolute atomic E-state index is 6.81. The summed E-state index contributed by atoms with van der Waals surface area (Å²) in [7, 11) is 0. The Kier molecular flexibility index (Phi) is 9.56. The topological polar surface area (TPSA) is 32.8 Å². The Labute approximate surface area is 452 Å². The molecule has 0 saturated carbocycles. The van der Waals surface area contributed by atoms with Crippen LogP contribution in [0.25, 0.3) is 76.9 Å². The monoisotopic (exact) mass is 998 g/mol. The van der Waals surface area contributed by atoms with E-state index in [2.05, 4.69) is 291 Å². The van der Waals surface area contributed by atoms with Gasteiger partial charge in [0.05, 0.1) is 0 Å². The van der Waals surface area contributed by atoms with E-state index in [1.807, 2.05) is 0 Å². The molecule has 0 spiro atoms. The molecule has 0 radical (unpaired) electrons. The average Bonchev–Trinajstić information content (AvgIpc) is 4.21. The van der Waals surface area contributed by atoms with Crippen molar-refractivity contribution >= 4 is 88.8 Å². The van der Waals surface area contributed by atoms with Crippen LogP contribution in [0.3, 0.4) is 0 Å². The van der Waals surface area contributed by atoms with Gasteiger partial charge < -0.3 is 18.6 Å². The van der Waals surface area contributed by atoms with Crippen LogP contribution in [0.15, 0.2) is 276 Å². The van der Waals surface area contributed by atoms with Crippen LogP contribution in [0.2, 0.25) is 0 Å². The van der Waals surface area contributed by atoms with E-state index in [-0.39, 0.29) is 10.8 Å². The minimum absolute atomic E-state index is 0.268. The summed E-state index contributed by atoms with van der Waals surface area (Å²) in [4.78, 5) is 4.64. The van der Waals surface area contributed by atoms with Crippen molar-refractivity contribution in [2.45, 2.75) is 24.7 Å². The molecule has 0 fully saturated rings. The molecule has 16 rings (SSSR count). The van der Waals surface area contributed by atoms with E-state index in [1.165, 1.54) is 55.6 Å². The van der Waals surface area contributed by atoms with Gasteiger partial charge in [0.15, 0.2) is 0 Å².